The first-order valence-electron chi connectivity index (χ1n) is 9.34. The Morgan fingerprint density at radius 3 is 2.37 bits per heavy atom. The van der Waals surface area contributed by atoms with Crippen LogP contribution in [-0.2, 0) is 4.79 Å². The van der Waals surface area contributed by atoms with Gasteiger partial charge in [0.15, 0.2) is 12.4 Å². The number of rotatable bonds is 10. The second-order valence-electron chi connectivity index (χ2n) is 6.32. The average Bonchev–Trinajstić information content (AvgIpc) is 2.70. The molecule has 0 radical (unpaired) electrons. The van der Waals surface area contributed by atoms with Crippen molar-refractivity contribution >= 4 is 11.7 Å². The predicted molar refractivity (Wildman–Crippen MR) is 107 cm³/mol. The molecule has 144 valence electrons. The van der Waals surface area contributed by atoms with Crippen LogP contribution in [0.4, 0.5) is 0 Å². The summed E-state index contributed by atoms with van der Waals surface area (Å²) in [5.74, 6) is 0.298. The second kappa shape index (κ2) is 10.5. The minimum Gasteiger partial charge on any atom is -0.484 e. The maximum absolute atomic E-state index is 12.2. The lowest BCUT2D eigenvalue weighted by Crippen LogP contribution is -2.39. The van der Waals surface area contributed by atoms with Crippen molar-refractivity contribution in [2.75, 3.05) is 26.2 Å². The number of ketones is 1. The van der Waals surface area contributed by atoms with Crippen molar-refractivity contribution < 1.29 is 14.3 Å². The van der Waals surface area contributed by atoms with E-state index < -0.39 is 0 Å². The molecule has 0 saturated carbocycles. The van der Waals surface area contributed by atoms with Crippen LogP contribution >= 0.6 is 0 Å². The van der Waals surface area contributed by atoms with Crippen molar-refractivity contribution in [3.63, 3.8) is 0 Å². The van der Waals surface area contributed by atoms with Crippen LogP contribution < -0.4 is 10.1 Å². The first kappa shape index (κ1) is 20.6. The molecule has 2 rings (SSSR count). The minimum atomic E-state index is -0.184. The molecule has 0 heterocycles. The normalized spacial score (nSPS) is 11.9. The van der Waals surface area contributed by atoms with Gasteiger partial charge in [-0.1, -0.05) is 56.3 Å². The van der Waals surface area contributed by atoms with E-state index in [-0.39, 0.29) is 24.3 Å². The highest BCUT2D eigenvalue weighted by Gasteiger charge is 2.18. The first-order valence-corrected chi connectivity index (χ1v) is 9.34. The van der Waals surface area contributed by atoms with E-state index in [0.29, 0.717) is 17.9 Å². The van der Waals surface area contributed by atoms with Gasteiger partial charge in [-0.25, -0.2) is 0 Å². The Morgan fingerprint density at radius 1 is 1.04 bits per heavy atom. The molecule has 0 spiro atoms. The van der Waals surface area contributed by atoms with Crippen molar-refractivity contribution in [1.29, 1.82) is 0 Å². The smallest absolute Gasteiger partial charge is 0.258 e. The second-order valence-corrected chi connectivity index (χ2v) is 6.32. The zero-order chi connectivity index (χ0) is 19.6. The SMILES string of the molecule is CCN(CC)C(CNC(=O)COc1cccc(C(C)=O)c1)c1ccccc1. The number of ether oxygens (including phenoxy) is 1. The standard InChI is InChI=1S/C22H28N2O3/c1-4-24(5-2)21(18-10-7-6-8-11-18)15-23-22(26)16-27-20-13-9-12-19(14-20)17(3)25/h6-14,21H,4-5,15-16H2,1-3H3,(H,23,26). The summed E-state index contributed by atoms with van der Waals surface area (Å²) in [5, 5.41) is 2.97. The summed E-state index contributed by atoms with van der Waals surface area (Å²) in [6.07, 6.45) is 0. The fraction of sp³-hybridized carbons (Fsp3) is 0.364. The highest BCUT2D eigenvalue weighted by Crippen LogP contribution is 2.19. The van der Waals surface area contributed by atoms with E-state index in [2.05, 4.69) is 36.2 Å². The van der Waals surface area contributed by atoms with E-state index in [9.17, 15) is 9.59 Å². The number of Topliss-reactive ketones (excluding diaryl/α,β-unsaturated/α-hetero) is 1. The molecule has 0 aliphatic carbocycles. The van der Waals surface area contributed by atoms with Crippen molar-refractivity contribution in [3.8, 4) is 5.75 Å². The molecular weight excluding hydrogens is 340 g/mol. The van der Waals surface area contributed by atoms with Crippen molar-refractivity contribution in [1.82, 2.24) is 10.2 Å². The fourth-order valence-electron chi connectivity index (χ4n) is 3.01. The molecule has 5 heteroatoms. The van der Waals surface area contributed by atoms with Gasteiger partial charge in [0.1, 0.15) is 5.75 Å². The van der Waals surface area contributed by atoms with Crippen LogP contribution in [0.25, 0.3) is 0 Å². The largest absolute Gasteiger partial charge is 0.484 e. The van der Waals surface area contributed by atoms with Crippen molar-refractivity contribution in [2.24, 2.45) is 0 Å². The van der Waals surface area contributed by atoms with Gasteiger partial charge in [-0.2, -0.15) is 0 Å². The quantitative estimate of drug-likeness (QED) is 0.653. The van der Waals surface area contributed by atoms with E-state index >= 15 is 0 Å². The van der Waals surface area contributed by atoms with Crippen LogP contribution in [0, 0.1) is 0 Å². The number of carbonyl (C=O) groups excluding carboxylic acids is 2. The Labute approximate surface area is 161 Å². The van der Waals surface area contributed by atoms with Gasteiger partial charge in [-0.05, 0) is 37.7 Å². The highest BCUT2D eigenvalue weighted by molar-refractivity contribution is 5.94. The van der Waals surface area contributed by atoms with Crippen molar-refractivity contribution in [3.05, 3.63) is 65.7 Å². The summed E-state index contributed by atoms with van der Waals surface area (Å²) in [6, 6.07) is 17.2. The minimum absolute atomic E-state index is 0.0326. The molecule has 0 fully saturated rings. The third-order valence-electron chi connectivity index (χ3n) is 4.54. The third-order valence-corrected chi connectivity index (χ3v) is 4.54. The molecule has 0 aliphatic heterocycles. The molecule has 5 nitrogen and oxygen atoms in total. The molecule has 0 bridgehead atoms. The van der Waals surface area contributed by atoms with Gasteiger partial charge in [-0.3, -0.25) is 14.5 Å². The fourth-order valence-corrected chi connectivity index (χ4v) is 3.01. The summed E-state index contributed by atoms with van der Waals surface area (Å²) in [6.45, 7) is 7.98. The number of hydrogen-bond acceptors (Lipinski definition) is 4. The summed E-state index contributed by atoms with van der Waals surface area (Å²) in [5.41, 5.74) is 1.75. The molecule has 2 aromatic carbocycles. The maximum atomic E-state index is 12.2. The van der Waals surface area contributed by atoms with Crippen LogP contribution in [0.3, 0.4) is 0 Å². The summed E-state index contributed by atoms with van der Waals surface area (Å²) < 4.78 is 5.53. The van der Waals surface area contributed by atoms with Crippen LogP contribution in [0.2, 0.25) is 0 Å². The molecule has 1 unspecified atom stereocenters. The van der Waals surface area contributed by atoms with E-state index in [1.807, 2.05) is 18.2 Å². The summed E-state index contributed by atoms with van der Waals surface area (Å²) >= 11 is 0. The lowest BCUT2D eigenvalue weighted by molar-refractivity contribution is -0.123. The van der Waals surface area contributed by atoms with Crippen LogP contribution in [-0.4, -0.2) is 42.8 Å². The number of hydrogen-bond donors (Lipinski definition) is 1. The van der Waals surface area contributed by atoms with Gasteiger partial charge < -0.3 is 10.1 Å². The highest BCUT2D eigenvalue weighted by atomic mass is 16.5. The molecule has 0 aromatic heterocycles. The molecule has 1 N–H and O–H groups in total. The zero-order valence-corrected chi connectivity index (χ0v) is 16.3. The Morgan fingerprint density at radius 2 is 1.74 bits per heavy atom. The molecule has 27 heavy (non-hydrogen) atoms. The molecule has 1 atom stereocenters. The molecule has 1 amide bonds. The van der Waals surface area contributed by atoms with Gasteiger partial charge >= 0.3 is 0 Å². The third kappa shape index (κ3) is 6.22. The molecule has 0 aliphatic rings. The van der Waals surface area contributed by atoms with Crippen LogP contribution in [0.1, 0.15) is 42.7 Å². The zero-order valence-electron chi connectivity index (χ0n) is 16.3. The maximum Gasteiger partial charge on any atom is 0.258 e. The van der Waals surface area contributed by atoms with Gasteiger partial charge in [0.25, 0.3) is 5.91 Å². The van der Waals surface area contributed by atoms with Gasteiger partial charge in [0, 0.05) is 12.1 Å². The predicted octanol–water partition coefficient (Wildman–Crippen LogP) is 3.47. The van der Waals surface area contributed by atoms with E-state index in [1.165, 1.54) is 12.5 Å². The Balaban J connectivity index is 1.93. The first-order chi connectivity index (χ1) is 13.0. The van der Waals surface area contributed by atoms with Gasteiger partial charge in [0.2, 0.25) is 0 Å². The summed E-state index contributed by atoms with van der Waals surface area (Å²) in [7, 11) is 0. The lowest BCUT2D eigenvalue weighted by atomic mass is 10.1. The number of nitrogens with one attached hydrogen (secondary N) is 1. The lowest BCUT2D eigenvalue weighted by Gasteiger charge is -2.30. The number of nitrogens with zero attached hydrogens (tertiary/aromatic N) is 1. The number of benzene rings is 2. The van der Waals surface area contributed by atoms with Gasteiger partial charge in [0.05, 0.1) is 6.04 Å². The molecule has 0 saturated heterocycles. The van der Waals surface area contributed by atoms with Crippen molar-refractivity contribution in [2.45, 2.75) is 26.8 Å². The summed E-state index contributed by atoms with van der Waals surface area (Å²) in [4.78, 5) is 26.0. The molecule has 2 aromatic rings. The average molecular weight is 368 g/mol. The van der Waals surface area contributed by atoms with E-state index in [4.69, 9.17) is 4.74 Å². The molecular formula is C22H28N2O3. The Kier molecular flexibility index (Phi) is 8.01. The Bertz CT molecular complexity index is 742. The number of carbonyl (C=O) groups is 2. The van der Waals surface area contributed by atoms with Crippen LogP contribution in [0.5, 0.6) is 5.75 Å². The van der Waals surface area contributed by atoms with E-state index in [0.717, 1.165) is 13.1 Å². The monoisotopic (exact) mass is 368 g/mol. The Hall–Kier alpha value is -2.66. The van der Waals surface area contributed by atoms with Crippen LogP contribution in [0.15, 0.2) is 54.6 Å². The topological polar surface area (TPSA) is 58.6 Å². The number of likely N-dealkylation sites (N-methyl/N-ethyl adjacent to an activating group) is 1. The van der Waals surface area contributed by atoms with Gasteiger partial charge in [-0.15, -0.1) is 0 Å². The number of amides is 1. The van der Waals surface area contributed by atoms with E-state index in [1.54, 1.807) is 24.3 Å².